The number of nitrogens with zero attached hydrogens (tertiary/aromatic N) is 3. The van der Waals surface area contributed by atoms with Crippen LogP contribution in [0.3, 0.4) is 0 Å². The zero-order valence-corrected chi connectivity index (χ0v) is 11.2. The Morgan fingerprint density at radius 3 is 2.57 bits per heavy atom. The number of nitriles is 1. The lowest BCUT2D eigenvalue weighted by atomic mass is 10.2. The van der Waals surface area contributed by atoms with E-state index in [1.165, 1.54) is 4.68 Å². The van der Waals surface area contributed by atoms with Crippen molar-refractivity contribution < 1.29 is 17.9 Å². The fourth-order valence-electron chi connectivity index (χ4n) is 1.80. The molecule has 1 heterocycles. The Hall–Kier alpha value is -2.69. The molecule has 0 amide bonds. The van der Waals surface area contributed by atoms with E-state index in [9.17, 15) is 13.2 Å². The van der Waals surface area contributed by atoms with Gasteiger partial charge in [-0.15, -0.1) is 0 Å². The molecule has 0 spiro atoms. The average Bonchev–Trinajstić information content (AvgIpc) is 2.64. The molecule has 0 saturated carbocycles. The van der Waals surface area contributed by atoms with Gasteiger partial charge in [0.25, 0.3) is 0 Å². The van der Waals surface area contributed by atoms with Crippen molar-refractivity contribution in [2.45, 2.75) is 13.1 Å². The van der Waals surface area contributed by atoms with Crippen molar-refractivity contribution in [1.29, 1.82) is 5.26 Å². The summed E-state index contributed by atoms with van der Waals surface area (Å²) in [5, 5.41) is 13.1. The molecule has 0 unspecified atom stereocenters. The second kappa shape index (κ2) is 5.01. The topological polar surface area (TPSA) is 76.9 Å². The molecule has 8 heteroatoms. The van der Waals surface area contributed by atoms with E-state index in [0.717, 1.165) is 18.2 Å². The predicted octanol–water partition coefficient (Wildman–Crippen LogP) is 2.99. The number of hydrogen-bond donors (Lipinski definition) is 1. The summed E-state index contributed by atoms with van der Waals surface area (Å²) in [6, 6.07) is 4.69. The molecule has 0 radical (unpaired) electrons. The van der Waals surface area contributed by atoms with E-state index >= 15 is 0 Å². The van der Waals surface area contributed by atoms with Gasteiger partial charge in [0, 0.05) is 7.05 Å². The number of halogens is 3. The van der Waals surface area contributed by atoms with Crippen LogP contribution in [0.5, 0.6) is 11.6 Å². The molecule has 0 bridgehead atoms. The van der Waals surface area contributed by atoms with Crippen LogP contribution in [0.25, 0.3) is 0 Å². The number of rotatable bonds is 2. The second-order valence-electron chi connectivity index (χ2n) is 4.35. The molecule has 2 rings (SSSR count). The van der Waals surface area contributed by atoms with Crippen LogP contribution in [0.4, 0.5) is 18.9 Å². The molecule has 0 saturated heterocycles. The number of nitrogens with two attached hydrogens (primary N) is 1. The second-order valence-corrected chi connectivity index (χ2v) is 4.35. The fourth-order valence-corrected chi connectivity index (χ4v) is 1.80. The largest absolute Gasteiger partial charge is 0.436 e. The molecule has 110 valence electrons. The molecule has 0 atom stereocenters. The lowest BCUT2D eigenvalue weighted by Gasteiger charge is -2.12. The Kier molecular flexibility index (Phi) is 3.51. The van der Waals surface area contributed by atoms with Crippen molar-refractivity contribution in [3.63, 3.8) is 0 Å². The normalized spacial score (nSPS) is 11.2. The van der Waals surface area contributed by atoms with E-state index < -0.39 is 11.7 Å². The summed E-state index contributed by atoms with van der Waals surface area (Å²) in [4.78, 5) is 0. The van der Waals surface area contributed by atoms with Crippen LogP contribution >= 0.6 is 0 Å². The smallest absolute Gasteiger partial charge is 0.416 e. The minimum atomic E-state index is -4.48. The molecular weight excluding hydrogens is 285 g/mol. The molecule has 0 fully saturated rings. The third kappa shape index (κ3) is 2.76. The maximum atomic E-state index is 12.6. The molecule has 2 N–H and O–H groups in total. The summed E-state index contributed by atoms with van der Waals surface area (Å²) >= 11 is 0. The minimum absolute atomic E-state index is 0.0301. The fraction of sp³-hybridized carbons (Fsp3) is 0.231. The van der Waals surface area contributed by atoms with Crippen LogP contribution in [0, 0.1) is 18.3 Å². The summed E-state index contributed by atoms with van der Waals surface area (Å²) in [6.45, 7) is 1.63. The van der Waals surface area contributed by atoms with Gasteiger partial charge >= 0.3 is 6.18 Å². The molecule has 0 aliphatic heterocycles. The average molecular weight is 296 g/mol. The van der Waals surface area contributed by atoms with Gasteiger partial charge in [0.15, 0.2) is 5.75 Å². The Bertz CT molecular complexity index is 728. The van der Waals surface area contributed by atoms with Crippen LogP contribution < -0.4 is 10.5 Å². The van der Waals surface area contributed by atoms with Crippen molar-refractivity contribution in [2.24, 2.45) is 7.05 Å². The van der Waals surface area contributed by atoms with E-state index in [2.05, 4.69) is 5.10 Å². The molecule has 0 aliphatic rings. The summed E-state index contributed by atoms with van der Waals surface area (Å²) < 4.78 is 44.4. The monoisotopic (exact) mass is 296 g/mol. The van der Waals surface area contributed by atoms with E-state index in [0.29, 0.717) is 5.69 Å². The first kappa shape index (κ1) is 14.7. The molecule has 21 heavy (non-hydrogen) atoms. The summed E-state index contributed by atoms with van der Waals surface area (Å²) in [5.74, 6) is 0.156. The minimum Gasteiger partial charge on any atom is -0.436 e. The molecule has 2 aromatic rings. The number of anilines is 1. The van der Waals surface area contributed by atoms with Gasteiger partial charge in [-0.25, -0.2) is 4.68 Å². The predicted molar refractivity (Wildman–Crippen MR) is 68.6 cm³/mol. The highest BCUT2D eigenvalue weighted by Crippen LogP contribution is 2.36. The number of ether oxygens (including phenoxy) is 1. The van der Waals surface area contributed by atoms with Crippen molar-refractivity contribution in [3.8, 4) is 17.7 Å². The lowest BCUT2D eigenvalue weighted by molar-refractivity contribution is -0.137. The van der Waals surface area contributed by atoms with E-state index in [4.69, 9.17) is 15.7 Å². The third-order valence-corrected chi connectivity index (χ3v) is 2.83. The van der Waals surface area contributed by atoms with Gasteiger partial charge < -0.3 is 10.5 Å². The Morgan fingerprint density at radius 1 is 1.38 bits per heavy atom. The van der Waals surface area contributed by atoms with Crippen molar-refractivity contribution in [1.82, 2.24) is 9.78 Å². The van der Waals surface area contributed by atoms with E-state index in [1.807, 2.05) is 6.07 Å². The van der Waals surface area contributed by atoms with Gasteiger partial charge in [-0.1, -0.05) is 0 Å². The summed E-state index contributed by atoms with van der Waals surface area (Å²) in [7, 11) is 1.56. The van der Waals surface area contributed by atoms with Crippen LogP contribution in [-0.4, -0.2) is 9.78 Å². The van der Waals surface area contributed by atoms with E-state index in [1.54, 1.807) is 14.0 Å². The van der Waals surface area contributed by atoms with Gasteiger partial charge in [-0.3, -0.25) is 0 Å². The van der Waals surface area contributed by atoms with Crippen LogP contribution in [0.15, 0.2) is 18.2 Å². The van der Waals surface area contributed by atoms with Gasteiger partial charge in [0.1, 0.15) is 11.6 Å². The van der Waals surface area contributed by atoms with Crippen molar-refractivity contribution in [3.05, 3.63) is 35.0 Å². The Labute approximate surface area is 118 Å². The maximum Gasteiger partial charge on any atom is 0.416 e. The zero-order chi connectivity index (χ0) is 15.8. The van der Waals surface area contributed by atoms with Gasteiger partial charge in [-0.2, -0.15) is 23.5 Å². The SMILES string of the molecule is Cc1nn(C)c(Oc2ccc(C(F)(F)F)cc2N)c1C#N. The number of aromatic nitrogens is 2. The number of hydrogen-bond acceptors (Lipinski definition) is 4. The summed E-state index contributed by atoms with van der Waals surface area (Å²) in [5.41, 5.74) is 5.20. The molecule has 5 nitrogen and oxygen atoms in total. The van der Waals surface area contributed by atoms with Crippen LogP contribution in [0.1, 0.15) is 16.8 Å². The number of benzene rings is 1. The standard InChI is InChI=1S/C13H11F3N4O/c1-7-9(6-17)12(20(2)19-7)21-11-4-3-8(5-10(11)18)13(14,15)16/h3-5H,18H2,1-2H3. The first-order chi connectivity index (χ1) is 9.74. The molecular formula is C13H11F3N4O. The van der Waals surface area contributed by atoms with Gasteiger partial charge in [0.05, 0.1) is 16.9 Å². The summed E-state index contributed by atoms with van der Waals surface area (Å²) in [6.07, 6.45) is -4.48. The van der Waals surface area contributed by atoms with Crippen LogP contribution in [-0.2, 0) is 13.2 Å². The Morgan fingerprint density at radius 2 is 2.05 bits per heavy atom. The maximum absolute atomic E-state index is 12.6. The Balaban J connectivity index is 2.40. The highest BCUT2D eigenvalue weighted by atomic mass is 19.4. The first-order valence-electron chi connectivity index (χ1n) is 5.82. The molecule has 1 aromatic heterocycles. The number of alkyl halides is 3. The quantitative estimate of drug-likeness (QED) is 0.864. The number of aryl methyl sites for hydroxylation is 2. The third-order valence-electron chi connectivity index (χ3n) is 2.83. The molecule has 1 aromatic carbocycles. The zero-order valence-electron chi connectivity index (χ0n) is 11.2. The first-order valence-corrected chi connectivity index (χ1v) is 5.82. The van der Waals surface area contributed by atoms with Crippen molar-refractivity contribution in [2.75, 3.05) is 5.73 Å². The lowest BCUT2D eigenvalue weighted by Crippen LogP contribution is -2.06. The van der Waals surface area contributed by atoms with E-state index in [-0.39, 0.29) is 22.9 Å². The van der Waals surface area contributed by atoms with Crippen LogP contribution in [0.2, 0.25) is 0 Å². The molecule has 0 aliphatic carbocycles. The number of nitrogen functional groups attached to an aromatic ring is 1. The van der Waals surface area contributed by atoms with Gasteiger partial charge in [-0.05, 0) is 25.1 Å². The highest BCUT2D eigenvalue weighted by Gasteiger charge is 2.31. The van der Waals surface area contributed by atoms with Crippen molar-refractivity contribution >= 4 is 5.69 Å². The highest BCUT2D eigenvalue weighted by molar-refractivity contribution is 5.57. The van der Waals surface area contributed by atoms with Gasteiger partial charge in [0.2, 0.25) is 5.88 Å².